The van der Waals surface area contributed by atoms with Crippen molar-refractivity contribution in [2.24, 2.45) is 11.8 Å². The predicted octanol–water partition coefficient (Wildman–Crippen LogP) is 8.36. The van der Waals surface area contributed by atoms with Gasteiger partial charge in [-0.25, -0.2) is 4.98 Å². The zero-order chi connectivity index (χ0) is 23.5. The predicted molar refractivity (Wildman–Crippen MR) is 148 cm³/mol. The molecule has 6 aromatic rings. The minimum Gasteiger partial charge on any atom is -0.309 e. The van der Waals surface area contributed by atoms with Crippen LogP contribution in [0.2, 0.25) is 0 Å². The van der Waals surface area contributed by atoms with Crippen LogP contribution in [0, 0.1) is 11.8 Å². The van der Waals surface area contributed by atoms with Gasteiger partial charge < -0.3 is 4.57 Å². The lowest BCUT2D eigenvalue weighted by Gasteiger charge is -2.21. The first-order valence-electron chi connectivity index (χ1n) is 12.5. The second-order valence-corrected chi connectivity index (χ2v) is 9.89. The van der Waals surface area contributed by atoms with E-state index in [0.29, 0.717) is 11.8 Å². The Morgan fingerprint density at radius 1 is 0.771 bits per heavy atom. The molecule has 7 rings (SSSR count). The summed E-state index contributed by atoms with van der Waals surface area (Å²) in [6, 6.07) is 28.0. The molecular weight excluding hydrogens is 426 g/mol. The molecule has 1 aliphatic carbocycles. The molecule has 0 saturated heterocycles. The molecule has 3 heteroatoms. The van der Waals surface area contributed by atoms with Crippen LogP contribution in [0.1, 0.15) is 20.3 Å². The van der Waals surface area contributed by atoms with Crippen LogP contribution in [-0.2, 0) is 0 Å². The molecule has 0 bridgehead atoms. The zero-order valence-electron chi connectivity index (χ0n) is 20.0. The van der Waals surface area contributed by atoms with Crippen molar-refractivity contribution in [3.63, 3.8) is 0 Å². The number of fused-ring (bicyclic) bond motifs is 7. The quantitative estimate of drug-likeness (QED) is 0.264. The SMILES string of the molecule is CC(C)C1C=CC(n2c3ccccc3c3cnc4c(c5ccccc5n4-c4ccccc4)c32)=CC1. The molecule has 3 aromatic carbocycles. The largest absolute Gasteiger partial charge is 0.309 e. The first kappa shape index (κ1) is 20.3. The number of para-hydroxylation sites is 3. The van der Waals surface area contributed by atoms with Crippen molar-refractivity contribution in [3.05, 3.63) is 103 Å². The van der Waals surface area contributed by atoms with Crippen LogP contribution < -0.4 is 0 Å². The minimum atomic E-state index is 0.591. The Balaban J connectivity index is 1.64. The second-order valence-electron chi connectivity index (χ2n) is 9.89. The van der Waals surface area contributed by atoms with Gasteiger partial charge >= 0.3 is 0 Å². The maximum Gasteiger partial charge on any atom is 0.147 e. The topological polar surface area (TPSA) is 22.8 Å². The van der Waals surface area contributed by atoms with Gasteiger partial charge in [0.05, 0.1) is 21.9 Å². The van der Waals surface area contributed by atoms with Gasteiger partial charge in [-0.15, -0.1) is 0 Å². The Kier molecular flexibility index (Phi) is 4.47. The minimum absolute atomic E-state index is 0.591. The van der Waals surface area contributed by atoms with Crippen LogP contribution in [0.4, 0.5) is 0 Å². The van der Waals surface area contributed by atoms with Crippen LogP contribution in [0.3, 0.4) is 0 Å². The Hall–Kier alpha value is -4.11. The summed E-state index contributed by atoms with van der Waals surface area (Å²) in [6.07, 6.45) is 10.3. The van der Waals surface area contributed by atoms with E-state index in [0.717, 1.165) is 17.8 Å². The zero-order valence-corrected chi connectivity index (χ0v) is 20.0. The van der Waals surface area contributed by atoms with E-state index in [1.807, 2.05) is 0 Å². The van der Waals surface area contributed by atoms with Crippen LogP contribution in [0.15, 0.2) is 103 Å². The molecule has 0 N–H and O–H groups in total. The molecule has 3 heterocycles. The van der Waals surface area contributed by atoms with E-state index in [4.69, 9.17) is 4.98 Å². The molecule has 1 atom stereocenters. The van der Waals surface area contributed by atoms with E-state index < -0.39 is 0 Å². The summed E-state index contributed by atoms with van der Waals surface area (Å²) in [7, 11) is 0. The van der Waals surface area contributed by atoms with Crippen LogP contribution in [-0.4, -0.2) is 14.1 Å². The van der Waals surface area contributed by atoms with E-state index in [9.17, 15) is 0 Å². The molecule has 0 radical (unpaired) electrons. The summed E-state index contributed by atoms with van der Waals surface area (Å²) in [4.78, 5) is 5.08. The summed E-state index contributed by atoms with van der Waals surface area (Å²) >= 11 is 0. The number of hydrogen-bond donors (Lipinski definition) is 0. The average molecular weight is 454 g/mol. The molecule has 35 heavy (non-hydrogen) atoms. The molecule has 1 unspecified atom stereocenters. The standard InChI is InChI=1S/C32H27N3/c1-21(2)22-16-18-24(19-17-22)34-28-14-8-6-12-25(28)27-20-33-32-30(31(27)34)26-13-7-9-15-29(26)35(32)23-10-4-3-5-11-23/h3-16,18-22H,17H2,1-2H3. The van der Waals surface area contributed by atoms with E-state index in [1.165, 1.54) is 43.8 Å². The van der Waals surface area contributed by atoms with Crippen molar-refractivity contribution in [1.82, 2.24) is 14.1 Å². The fourth-order valence-corrected chi connectivity index (χ4v) is 5.74. The Morgan fingerprint density at radius 3 is 2.17 bits per heavy atom. The van der Waals surface area contributed by atoms with Gasteiger partial charge in [0.25, 0.3) is 0 Å². The lowest BCUT2D eigenvalue weighted by molar-refractivity contribution is 0.468. The molecule has 0 amide bonds. The van der Waals surface area contributed by atoms with Crippen molar-refractivity contribution in [1.29, 1.82) is 0 Å². The fraction of sp³-hybridized carbons (Fsp3) is 0.156. The highest BCUT2D eigenvalue weighted by atomic mass is 15.1. The Bertz CT molecular complexity index is 1800. The van der Waals surface area contributed by atoms with Gasteiger partial charge in [-0.1, -0.05) is 80.6 Å². The lowest BCUT2D eigenvalue weighted by Crippen LogP contribution is -2.09. The number of aromatic nitrogens is 3. The van der Waals surface area contributed by atoms with Gasteiger partial charge in [0.15, 0.2) is 0 Å². The van der Waals surface area contributed by atoms with Crippen molar-refractivity contribution < 1.29 is 0 Å². The summed E-state index contributed by atoms with van der Waals surface area (Å²) in [6.45, 7) is 4.61. The third-order valence-electron chi connectivity index (χ3n) is 7.56. The number of allylic oxidation sites excluding steroid dienone is 4. The van der Waals surface area contributed by atoms with Gasteiger partial charge in [-0.2, -0.15) is 0 Å². The number of pyridine rings is 1. The molecular formula is C32H27N3. The van der Waals surface area contributed by atoms with Crippen molar-refractivity contribution >= 4 is 49.4 Å². The average Bonchev–Trinajstić information content (AvgIpc) is 3.42. The molecule has 0 saturated carbocycles. The smallest absolute Gasteiger partial charge is 0.147 e. The highest BCUT2D eigenvalue weighted by Crippen LogP contribution is 2.41. The maximum absolute atomic E-state index is 5.08. The second kappa shape index (κ2) is 7.71. The highest BCUT2D eigenvalue weighted by Gasteiger charge is 2.22. The number of benzene rings is 3. The lowest BCUT2D eigenvalue weighted by atomic mass is 9.89. The van der Waals surface area contributed by atoms with Crippen molar-refractivity contribution in [3.8, 4) is 5.69 Å². The molecule has 0 aliphatic heterocycles. The van der Waals surface area contributed by atoms with Gasteiger partial charge in [-0.05, 0) is 48.6 Å². The van der Waals surface area contributed by atoms with E-state index in [-0.39, 0.29) is 0 Å². The Labute approximate surface area is 204 Å². The summed E-state index contributed by atoms with van der Waals surface area (Å²) in [5.74, 6) is 1.23. The number of nitrogens with zero attached hydrogens (tertiary/aromatic N) is 3. The Morgan fingerprint density at radius 2 is 1.46 bits per heavy atom. The monoisotopic (exact) mass is 453 g/mol. The van der Waals surface area contributed by atoms with Crippen molar-refractivity contribution in [2.75, 3.05) is 0 Å². The normalized spacial score (nSPS) is 16.2. The molecule has 1 aliphatic rings. The van der Waals surface area contributed by atoms with Gasteiger partial charge in [0.2, 0.25) is 0 Å². The summed E-state index contributed by atoms with van der Waals surface area (Å²) in [5.41, 5.74) is 7.02. The van der Waals surface area contributed by atoms with Crippen LogP contribution in [0.25, 0.3) is 55.1 Å². The maximum atomic E-state index is 5.08. The molecule has 3 nitrogen and oxygen atoms in total. The van der Waals surface area contributed by atoms with Crippen molar-refractivity contribution in [2.45, 2.75) is 20.3 Å². The van der Waals surface area contributed by atoms with Gasteiger partial charge in [0, 0.05) is 33.7 Å². The third kappa shape index (κ3) is 2.94. The summed E-state index contributed by atoms with van der Waals surface area (Å²) < 4.78 is 4.76. The molecule has 170 valence electrons. The molecule has 0 fully saturated rings. The van der Waals surface area contributed by atoms with Gasteiger partial charge in [0.1, 0.15) is 5.65 Å². The van der Waals surface area contributed by atoms with Crippen LogP contribution >= 0.6 is 0 Å². The van der Waals surface area contributed by atoms with E-state index in [1.54, 1.807) is 0 Å². The first-order chi connectivity index (χ1) is 17.2. The van der Waals surface area contributed by atoms with Gasteiger partial charge in [-0.3, -0.25) is 4.57 Å². The number of hydrogen-bond acceptors (Lipinski definition) is 1. The summed E-state index contributed by atoms with van der Waals surface area (Å²) in [5, 5.41) is 4.88. The fourth-order valence-electron chi connectivity index (χ4n) is 5.74. The highest BCUT2D eigenvalue weighted by molar-refractivity contribution is 6.25. The van der Waals surface area contributed by atoms with Crippen LogP contribution in [0.5, 0.6) is 0 Å². The number of rotatable bonds is 3. The van der Waals surface area contributed by atoms with E-state index >= 15 is 0 Å². The third-order valence-corrected chi connectivity index (χ3v) is 7.56. The molecule has 0 spiro atoms. The first-order valence-corrected chi connectivity index (χ1v) is 12.5. The van der Waals surface area contributed by atoms with E-state index in [2.05, 4.69) is 126 Å². The molecule has 3 aromatic heterocycles.